The number of aliphatic hydroxyl groups excluding tert-OH is 1. The first-order chi connectivity index (χ1) is 7.11. The van der Waals surface area contributed by atoms with Crippen LogP contribution in [0.1, 0.15) is 11.6 Å². The van der Waals surface area contributed by atoms with Crippen LogP contribution in [0.3, 0.4) is 0 Å². The topological polar surface area (TPSA) is 79.6 Å². The molecule has 1 aromatic heterocycles. The van der Waals surface area contributed by atoms with Crippen molar-refractivity contribution in [2.45, 2.75) is 6.04 Å². The number of aromatic hydroxyl groups is 1. The molecule has 15 heavy (non-hydrogen) atoms. The first kappa shape index (κ1) is 10.3. The fraction of sp³-hybridized carbons (Fsp3) is 0.200. The predicted molar refractivity (Wildman–Crippen MR) is 56.9 cm³/mol. The Morgan fingerprint density at radius 2 is 2.13 bits per heavy atom. The number of rotatable bonds is 2. The van der Waals surface area contributed by atoms with Crippen LogP contribution in [-0.2, 0) is 0 Å². The van der Waals surface area contributed by atoms with Crippen LogP contribution in [0, 0.1) is 0 Å². The molecular formula is C10H10ClNO3. The van der Waals surface area contributed by atoms with Crippen LogP contribution in [0.4, 0.5) is 0 Å². The van der Waals surface area contributed by atoms with Gasteiger partial charge >= 0.3 is 0 Å². The van der Waals surface area contributed by atoms with Crippen LogP contribution in [-0.4, -0.2) is 16.8 Å². The largest absolute Gasteiger partial charge is 0.508 e. The lowest BCUT2D eigenvalue weighted by atomic mass is 10.1. The van der Waals surface area contributed by atoms with Crippen LogP contribution in [0.2, 0.25) is 5.22 Å². The molecule has 1 atom stereocenters. The minimum atomic E-state index is -0.627. The molecule has 2 aromatic rings. The molecule has 0 fully saturated rings. The van der Waals surface area contributed by atoms with Crippen molar-refractivity contribution in [2.75, 3.05) is 6.61 Å². The van der Waals surface area contributed by atoms with Gasteiger partial charge in [0.15, 0.2) is 5.22 Å². The van der Waals surface area contributed by atoms with Crippen molar-refractivity contribution in [1.29, 1.82) is 0 Å². The third-order valence-corrected chi connectivity index (χ3v) is 2.42. The fourth-order valence-corrected chi connectivity index (χ4v) is 1.65. The quantitative estimate of drug-likeness (QED) is 0.731. The number of halogens is 1. The van der Waals surface area contributed by atoms with E-state index in [9.17, 15) is 5.11 Å². The molecule has 0 saturated heterocycles. The minimum absolute atomic E-state index is 0.0292. The zero-order chi connectivity index (χ0) is 11.0. The summed E-state index contributed by atoms with van der Waals surface area (Å²) in [6.45, 7) is -0.243. The standard InChI is InChI=1S/C10H10ClNO3/c11-10-2-5-1-8(14)6(7(12)4-13)3-9(5)15-10/h1-3,7,13-14H,4,12H2. The van der Waals surface area contributed by atoms with Gasteiger partial charge in [0.2, 0.25) is 0 Å². The van der Waals surface area contributed by atoms with E-state index >= 15 is 0 Å². The van der Waals surface area contributed by atoms with Gasteiger partial charge < -0.3 is 20.4 Å². The summed E-state index contributed by atoms with van der Waals surface area (Å²) in [7, 11) is 0. The van der Waals surface area contributed by atoms with E-state index in [0.717, 1.165) is 0 Å². The third kappa shape index (κ3) is 1.79. The Balaban J connectivity index is 2.60. The summed E-state index contributed by atoms with van der Waals surface area (Å²) in [5.41, 5.74) is 6.59. The molecule has 0 bridgehead atoms. The Labute approximate surface area is 90.9 Å². The van der Waals surface area contributed by atoms with Crippen molar-refractivity contribution in [3.8, 4) is 5.75 Å². The highest BCUT2D eigenvalue weighted by Crippen LogP contribution is 2.31. The number of aliphatic hydroxyl groups is 1. The van der Waals surface area contributed by atoms with Crippen molar-refractivity contribution >= 4 is 22.6 Å². The average Bonchev–Trinajstić information content (AvgIpc) is 2.55. The first-order valence-corrected chi connectivity index (χ1v) is 4.78. The smallest absolute Gasteiger partial charge is 0.194 e. The zero-order valence-electron chi connectivity index (χ0n) is 7.77. The Morgan fingerprint density at radius 3 is 2.80 bits per heavy atom. The highest BCUT2D eigenvalue weighted by Gasteiger charge is 2.13. The molecule has 0 spiro atoms. The second kappa shape index (κ2) is 3.73. The molecule has 0 saturated carbocycles. The fourth-order valence-electron chi connectivity index (χ4n) is 1.45. The van der Waals surface area contributed by atoms with Crippen LogP contribution in [0.25, 0.3) is 11.0 Å². The van der Waals surface area contributed by atoms with Crippen molar-refractivity contribution in [1.82, 2.24) is 0 Å². The molecule has 2 rings (SSSR count). The number of phenolic OH excluding ortho intramolecular Hbond substituents is 1. The monoisotopic (exact) mass is 227 g/mol. The summed E-state index contributed by atoms with van der Waals surface area (Å²) in [5, 5.41) is 19.5. The lowest BCUT2D eigenvalue weighted by Crippen LogP contribution is -2.14. The summed E-state index contributed by atoms with van der Waals surface area (Å²) in [6, 6.07) is 4.07. The Bertz CT molecular complexity index is 495. The predicted octanol–water partition coefficient (Wildman–Crippen LogP) is 1.78. The molecule has 0 radical (unpaired) electrons. The normalized spacial score (nSPS) is 13.3. The molecule has 0 aliphatic rings. The Hall–Kier alpha value is -1.23. The van der Waals surface area contributed by atoms with Crippen molar-refractivity contribution in [3.63, 3.8) is 0 Å². The Morgan fingerprint density at radius 1 is 1.40 bits per heavy atom. The molecule has 1 heterocycles. The van der Waals surface area contributed by atoms with Crippen molar-refractivity contribution in [2.24, 2.45) is 5.73 Å². The summed E-state index contributed by atoms with van der Waals surface area (Å²) in [6.07, 6.45) is 0. The number of fused-ring (bicyclic) bond motifs is 1. The number of furan rings is 1. The molecule has 0 aliphatic carbocycles. The molecule has 5 heteroatoms. The summed E-state index contributed by atoms with van der Waals surface area (Å²) < 4.78 is 5.18. The average molecular weight is 228 g/mol. The molecule has 4 nitrogen and oxygen atoms in total. The van der Waals surface area contributed by atoms with Crippen molar-refractivity contribution in [3.05, 3.63) is 29.0 Å². The molecule has 0 amide bonds. The van der Waals surface area contributed by atoms with Crippen LogP contribution in [0.15, 0.2) is 22.6 Å². The van der Waals surface area contributed by atoms with Crippen molar-refractivity contribution < 1.29 is 14.6 Å². The second-order valence-corrected chi connectivity index (χ2v) is 3.66. The molecule has 80 valence electrons. The number of phenols is 1. The van der Waals surface area contributed by atoms with E-state index in [2.05, 4.69) is 0 Å². The first-order valence-electron chi connectivity index (χ1n) is 4.40. The van der Waals surface area contributed by atoms with E-state index in [0.29, 0.717) is 16.5 Å². The van der Waals surface area contributed by atoms with Crippen LogP contribution >= 0.6 is 11.6 Å². The van der Waals surface area contributed by atoms with Gasteiger partial charge in [-0.15, -0.1) is 0 Å². The summed E-state index contributed by atoms with van der Waals surface area (Å²) in [5.74, 6) is 0.0292. The molecule has 1 unspecified atom stereocenters. The summed E-state index contributed by atoms with van der Waals surface area (Å²) >= 11 is 5.67. The number of nitrogens with two attached hydrogens (primary N) is 1. The highest BCUT2D eigenvalue weighted by molar-refractivity contribution is 6.29. The molecule has 0 aliphatic heterocycles. The van der Waals surface area contributed by atoms with E-state index in [1.165, 1.54) is 6.07 Å². The van der Waals surface area contributed by atoms with Crippen LogP contribution < -0.4 is 5.73 Å². The van der Waals surface area contributed by atoms with Gasteiger partial charge in [-0.05, 0) is 23.7 Å². The maximum absolute atomic E-state index is 9.64. The van der Waals surface area contributed by atoms with Gasteiger partial charge in [-0.1, -0.05) is 0 Å². The maximum atomic E-state index is 9.64. The zero-order valence-corrected chi connectivity index (χ0v) is 8.53. The van der Waals surface area contributed by atoms with Gasteiger partial charge in [-0.2, -0.15) is 0 Å². The van der Waals surface area contributed by atoms with Gasteiger partial charge in [0, 0.05) is 17.0 Å². The number of benzene rings is 1. The highest BCUT2D eigenvalue weighted by atomic mass is 35.5. The van der Waals surface area contributed by atoms with Gasteiger partial charge in [0.25, 0.3) is 0 Å². The SMILES string of the molecule is NC(CO)c1cc2oc(Cl)cc2cc1O. The number of hydrogen-bond donors (Lipinski definition) is 3. The lowest BCUT2D eigenvalue weighted by molar-refractivity contribution is 0.265. The maximum Gasteiger partial charge on any atom is 0.194 e. The van der Waals surface area contributed by atoms with Crippen LogP contribution in [0.5, 0.6) is 5.75 Å². The van der Waals surface area contributed by atoms with E-state index < -0.39 is 6.04 Å². The second-order valence-electron chi connectivity index (χ2n) is 3.29. The van der Waals surface area contributed by atoms with Gasteiger partial charge in [-0.3, -0.25) is 0 Å². The molecule has 4 N–H and O–H groups in total. The Kier molecular flexibility index (Phi) is 2.56. The lowest BCUT2D eigenvalue weighted by Gasteiger charge is -2.10. The van der Waals surface area contributed by atoms with E-state index in [1.54, 1.807) is 12.1 Å². The molecular weight excluding hydrogens is 218 g/mol. The van der Waals surface area contributed by atoms with Gasteiger partial charge in [0.1, 0.15) is 11.3 Å². The van der Waals surface area contributed by atoms with E-state index in [4.69, 9.17) is 26.9 Å². The van der Waals surface area contributed by atoms with Gasteiger partial charge in [0.05, 0.1) is 12.6 Å². The third-order valence-electron chi connectivity index (χ3n) is 2.23. The number of hydrogen-bond acceptors (Lipinski definition) is 4. The van der Waals surface area contributed by atoms with Gasteiger partial charge in [-0.25, -0.2) is 0 Å². The van der Waals surface area contributed by atoms with E-state index in [-0.39, 0.29) is 17.6 Å². The summed E-state index contributed by atoms with van der Waals surface area (Å²) in [4.78, 5) is 0. The van der Waals surface area contributed by atoms with E-state index in [1.807, 2.05) is 0 Å². The molecule has 1 aromatic carbocycles. The minimum Gasteiger partial charge on any atom is -0.508 e.